The summed E-state index contributed by atoms with van der Waals surface area (Å²) in [6.45, 7) is 1.29. The summed E-state index contributed by atoms with van der Waals surface area (Å²) >= 11 is 0. The van der Waals surface area contributed by atoms with Crippen LogP contribution in [-0.2, 0) is 16.3 Å². The maximum atomic E-state index is 13.5. The summed E-state index contributed by atoms with van der Waals surface area (Å²) in [5.74, 6) is -0.0730. The van der Waals surface area contributed by atoms with E-state index in [1.165, 1.54) is 29.2 Å². The molecule has 1 unspecified atom stereocenters. The Bertz CT molecular complexity index is 1030. The van der Waals surface area contributed by atoms with E-state index in [9.17, 15) is 26.7 Å². The van der Waals surface area contributed by atoms with Gasteiger partial charge in [-0.05, 0) is 54.8 Å². The van der Waals surface area contributed by atoms with Crippen LogP contribution in [0.1, 0.15) is 30.9 Å². The van der Waals surface area contributed by atoms with Gasteiger partial charge in [-0.1, -0.05) is 25.5 Å². The van der Waals surface area contributed by atoms with Crippen LogP contribution in [0, 0.1) is 0 Å². The van der Waals surface area contributed by atoms with Crippen LogP contribution >= 0.6 is 0 Å². The number of aliphatic hydroxyl groups is 1. The fourth-order valence-electron chi connectivity index (χ4n) is 3.23. The minimum atomic E-state index is -4.96. The van der Waals surface area contributed by atoms with E-state index in [-0.39, 0.29) is 16.3 Å². The zero-order valence-electron chi connectivity index (χ0n) is 16.6. The highest BCUT2D eigenvalue weighted by Crippen LogP contribution is 2.39. The number of aliphatic imine (C=N–C) groups is 1. The van der Waals surface area contributed by atoms with Crippen molar-refractivity contribution in [1.82, 2.24) is 0 Å². The van der Waals surface area contributed by atoms with Gasteiger partial charge in [0, 0.05) is 17.5 Å². The summed E-state index contributed by atoms with van der Waals surface area (Å²) in [6.07, 6.45) is -0.995. The van der Waals surface area contributed by atoms with Crippen LogP contribution < -0.4 is 4.90 Å². The summed E-state index contributed by atoms with van der Waals surface area (Å²) in [6, 6.07) is 12.5. The van der Waals surface area contributed by atoms with Gasteiger partial charge in [-0.2, -0.15) is 13.2 Å². The Hall–Kier alpha value is -2.39. The van der Waals surface area contributed by atoms with Gasteiger partial charge in [-0.15, -0.1) is 0 Å². The Labute approximate surface area is 173 Å². The number of aryl methyl sites for hydroxylation is 1. The minimum Gasteiger partial charge on any atom is -0.361 e. The van der Waals surface area contributed by atoms with Crippen molar-refractivity contribution in [2.24, 2.45) is 4.99 Å². The lowest BCUT2D eigenvalue weighted by Crippen LogP contribution is -2.47. The molecule has 0 amide bonds. The normalized spacial score (nSPS) is 19.8. The molecule has 1 heterocycles. The van der Waals surface area contributed by atoms with Crippen molar-refractivity contribution in [1.29, 1.82) is 0 Å². The highest BCUT2D eigenvalue weighted by atomic mass is 32.2. The minimum absolute atomic E-state index is 0.0442. The third-order valence-electron chi connectivity index (χ3n) is 4.99. The largest absolute Gasteiger partial charge is 0.440 e. The molecule has 162 valence electrons. The van der Waals surface area contributed by atoms with Gasteiger partial charge in [0.15, 0.2) is 9.84 Å². The van der Waals surface area contributed by atoms with E-state index in [0.29, 0.717) is 5.69 Å². The average molecular weight is 440 g/mol. The molecule has 1 N–H and O–H groups in total. The number of sulfone groups is 1. The predicted molar refractivity (Wildman–Crippen MR) is 109 cm³/mol. The number of halogens is 3. The van der Waals surface area contributed by atoms with E-state index in [1.807, 2.05) is 12.1 Å². The Morgan fingerprint density at radius 1 is 1.10 bits per heavy atom. The number of amidine groups is 1. The van der Waals surface area contributed by atoms with E-state index in [4.69, 9.17) is 0 Å². The van der Waals surface area contributed by atoms with Crippen molar-refractivity contribution >= 4 is 21.4 Å². The number of alkyl halides is 3. The number of rotatable bonds is 6. The molecule has 5 nitrogen and oxygen atoms in total. The van der Waals surface area contributed by atoms with E-state index < -0.39 is 28.3 Å². The van der Waals surface area contributed by atoms with Crippen LogP contribution in [0.5, 0.6) is 0 Å². The van der Waals surface area contributed by atoms with Crippen molar-refractivity contribution in [3.05, 3.63) is 59.7 Å². The topological polar surface area (TPSA) is 70.0 Å². The molecule has 0 saturated carbocycles. The molecule has 0 radical (unpaired) electrons. The molecule has 0 aromatic heterocycles. The van der Waals surface area contributed by atoms with Crippen molar-refractivity contribution in [3.8, 4) is 0 Å². The van der Waals surface area contributed by atoms with Gasteiger partial charge < -0.3 is 10.0 Å². The van der Waals surface area contributed by atoms with E-state index in [1.54, 1.807) is 12.1 Å². The number of benzene rings is 2. The van der Waals surface area contributed by atoms with Gasteiger partial charge in [0.25, 0.3) is 5.72 Å². The first-order valence-electron chi connectivity index (χ1n) is 9.50. The molecule has 9 heteroatoms. The number of β-amino-alcohol motifs (C(OH)–C–C–N with tert-alkyl or cyclic N) is 1. The molecule has 1 aliphatic heterocycles. The molecule has 0 aliphatic carbocycles. The van der Waals surface area contributed by atoms with Crippen LogP contribution in [0.3, 0.4) is 0 Å². The average Bonchev–Trinajstić information content (AvgIpc) is 3.05. The maximum absolute atomic E-state index is 13.5. The van der Waals surface area contributed by atoms with Crippen molar-refractivity contribution in [2.75, 3.05) is 17.7 Å². The fourth-order valence-corrected chi connectivity index (χ4v) is 3.86. The zero-order valence-corrected chi connectivity index (χ0v) is 17.5. The van der Waals surface area contributed by atoms with Crippen LogP contribution in [0.25, 0.3) is 0 Å². The molecule has 0 saturated heterocycles. The summed E-state index contributed by atoms with van der Waals surface area (Å²) in [5, 5.41) is 10.2. The summed E-state index contributed by atoms with van der Waals surface area (Å²) in [5.41, 5.74) is -1.44. The van der Waals surface area contributed by atoms with E-state index in [0.717, 1.165) is 31.1 Å². The van der Waals surface area contributed by atoms with Crippen molar-refractivity contribution in [2.45, 2.75) is 43.0 Å². The molecule has 0 bridgehead atoms. The molecule has 30 heavy (non-hydrogen) atoms. The molecule has 0 spiro atoms. The SMILES string of the molecule is CCCCc1ccc(N2CC(O)(C(F)(F)F)N=C2c2ccc(S(C)(=O)=O)cc2)cc1. The van der Waals surface area contributed by atoms with Gasteiger partial charge >= 0.3 is 6.18 Å². The van der Waals surface area contributed by atoms with E-state index in [2.05, 4.69) is 11.9 Å². The van der Waals surface area contributed by atoms with Crippen LogP contribution in [0.4, 0.5) is 18.9 Å². The smallest absolute Gasteiger partial charge is 0.361 e. The van der Waals surface area contributed by atoms with E-state index >= 15 is 0 Å². The Balaban J connectivity index is 2.00. The molecule has 2 aromatic carbocycles. The zero-order chi connectivity index (χ0) is 22.2. The highest BCUT2D eigenvalue weighted by molar-refractivity contribution is 7.90. The summed E-state index contributed by atoms with van der Waals surface area (Å²) in [4.78, 5) is 4.95. The standard InChI is InChI=1S/C21H23F3N2O3S/c1-3-4-5-15-6-10-17(11-7-15)26-14-20(27,21(22,23)24)25-19(26)16-8-12-18(13-9-16)30(2,28)29/h6-13,27H,3-5,14H2,1-2H3. The molecular formula is C21H23F3N2O3S. The number of nitrogens with zero attached hydrogens (tertiary/aromatic N) is 2. The summed E-state index contributed by atoms with van der Waals surface area (Å²) in [7, 11) is -3.45. The molecule has 2 aromatic rings. The first-order valence-corrected chi connectivity index (χ1v) is 11.4. The van der Waals surface area contributed by atoms with Gasteiger partial charge in [0.1, 0.15) is 5.84 Å². The number of hydrogen-bond donors (Lipinski definition) is 1. The maximum Gasteiger partial charge on any atom is 0.440 e. The molecule has 1 atom stereocenters. The Morgan fingerprint density at radius 2 is 1.70 bits per heavy atom. The predicted octanol–water partition coefficient (Wildman–Crippen LogP) is 3.95. The third kappa shape index (κ3) is 4.52. The van der Waals surface area contributed by atoms with Crippen LogP contribution in [0.15, 0.2) is 58.4 Å². The monoisotopic (exact) mass is 440 g/mol. The molecule has 1 aliphatic rings. The van der Waals surface area contributed by atoms with Gasteiger partial charge in [-0.25, -0.2) is 13.4 Å². The van der Waals surface area contributed by atoms with Crippen LogP contribution in [0.2, 0.25) is 0 Å². The second-order valence-electron chi connectivity index (χ2n) is 7.40. The first-order chi connectivity index (χ1) is 13.9. The lowest BCUT2D eigenvalue weighted by molar-refractivity contribution is -0.249. The molecular weight excluding hydrogens is 417 g/mol. The quantitative estimate of drug-likeness (QED) is 0.739. The highest BCUT2D eigenvalue weighted by Gasteiger charge is 2.58. The Morgan fingerprint density at radius 3 is 2.20 bits per heavy atom. The second-order valence-corrected chi connectivity index (χ2v) is 9.42. The number of anilines is 1. The third-order valence-corrected chi connectivity index (χ3v) is 6.12. The second kappa shape index (κ2) is 8.03. The fraction of sp³-hybridized carbons (Fsp3) is 0.381. The summed E-state index contributed by atoms with van der Waals surface area (Å²) < 4.78 is 63.8. The lowest BCUT2D eigenvalue weighted by Gasteiger charge is -2.25. The van der Waals surface area contributed by atoms with Crippen LogP contribution in [-0.4, -0.2) is 44.1 Å². The van der Waals surface area contributed by atoms with Crippen molar-refractivity contribution in [3.63, 3.8) is 0 Å². The van der Waals surface area contributed by atoms with Gasteiger partial charge in [0.05, 0.1) is 11.4 Å². The van der Waals surface area contributed by atoms with Gasteiger partial charge in [0.2, 0.25) is 0 Å². The number of hydrogen-bond acceptors (Lipinski definition) is 5. The molecule has 3 rings (SSSR count). The first kappa shape index (κ1) is 22.3. The van der Waals surface area contributed by atoms with Crippen molar-refractivity contribution < 1.29 is 26.7 Å². The van der Waals surface area contributed by atoms with Gasteiger partial charge in [-0.3, -0.25) is 0 Å². The lowest BCUT2D eigenvalue weighted by atomic mass is 10.1. The number of unbranched alkanes of at least 4 members (excludes halogenated alkanes) is 1. The molecule has 0 fully saturated rings. The Kier molecular flexibility index (Phi) is 5.97.